The molecule has 2 heterocycles. The van der Waals surface area contributed by atoms with Crippen molar-refractivity contribution in [1.82, 2.24) is 10.1 Å². The summed E-state index contributed by atoms with van der Waals surface area (Å²) in [6.07, 6.45) is 4.01. The van der Waals surface area contributed by atoms with Crippen LogP contribution in [-0.2, 0) is 4.74 Å². The maximum atomic E-state index is 5.99. The number of anilines is 1. The SMILES string of the molecule is Cc1cccc(NC(N)=NC[C@H]2CC[C@@H](c3nc(C4CC4)no3)O2)c1. The summed E-state index contributed by atoms with van der Waals surface area (Å²) in [5.74, 6) is 2.31. The largest absolute Gasteiger partial charge is 0.370 e. The minimum absolute atomic E-state index is 0.0270. The van der Waals surface area contributed by atoms with E-state index in [-0.39, 0.29) is 12.2 Å². The third kappa shape index (κ3) is 3.99. The second-order valence-corrected chi connectivity index (χ2v) is 6.81. The van der Waals surface area contributed by atoms with Gasteiger partial charge < -0.3 is 20.3 Å². The molecule has 3 N–H and O–H groups in total. The molecule has 2 atom stereocenters. The number of nitrogens with two attached hydrogens (primary N) is 1. The summed E-state index contributed by atoms with van der Waals surface area (Å²) in [5.41, 5.74) is 8.07. The monoisotopic (exact) mass is 341 g/mol. The number of hydrogen-bond acceptors (Lipinski definition) is 5. The van der Waals surface area contributed by atoms with Gasteiger partial charge in [0.2, 0.25) is 0 Å². The van der Waals surface area contributed by atoms with E-state index in [2.05, 4.69) is 20.4 Å². The molecule has 1 aromatic carbocycles. The highest BCUT2D eigenvalue weighted by Crippen LogP contribution is 2.39. The first-order chi connectivity index (χ1) is 12.2. The molecule has 4 rings (SSSR count). The van der Waals surface area contributed by atoms with Crippen molar-refractivity contribution in [3.63, 3.8) is 0 Å². The summed E-state index contributed by atoms with van der Waals surface area (Å²) in [7, 11) is 0. The van der Waals surface area contributed by atoms with Crippen molar-refractivity contribution < 1.29 is 9.26 Å². The number of nitrogens with zero attached hydrogens (tertiary/aromatic N) is 3. The van der Waals surface area contributed by atoms with Gasteiger partial charge in [0, 0.05) is 11.6 Å². The van der Waals surface area contributed by atoms with Crippen molar-refractivity contribution in [3.8, 4) is 0 Å². The molecule has 0 spiro atoms. The van der Waals surface area contributed by atoms with Crippen LogP contribution in [0.3, 0.4) is 0 Å². The molecule has 0 radical (unpaired) electrons. The quantitative estimate of drug-likeness (QED) is 0.641. The molecule has 0 unspecified atom stereocenters. The number of aromatic nitrogens is 2. The minimum Gasteiger partial charge on any atom is -0.370 e. The summed E-state index contributed by atoms with van der Waals surface area (Å²) >= 11 is 0. The Morgan fingerprint density at radius 1 is 1.32 bits per heavy atom. The molecule has 1 aliphatic carbocycles. The Balaban J connectivity index is 1.29. The zero-order chi connectivity index (χ0) is 17.2. The molecule has 0 amide bonds. The lowest BCUT2D eigenvalue weighted by atomic mass is 10.2. The topological polar surface area (TPSA) is 98.6 Å². The molecule has 132 valence electrons. The standard InChI is InChI=1S/C18H23N5O2/c1-11-3-2-4-13(9-11)21-18(19)20-10-14-7-8-15(24-14)17-22-16(23-25-17)12-5-6-12/h2-4,9,12,14-15H,5-8,10H2,1H3,(H3,19,20,21)/t14-,15+/m1/s1. The molecule has 1 saturated heterocycles. The molecular formula is C18H23N5O2. The molecule has 2 fully saturated rings. The van der Waals surface area contributed by atoms with Gasteiger partial charge in [0.1, 0.15) is 6.10 Å². The van der Waals surface area contributed by atoms with Gasteiger partial charge in [-0.2, -0.15) is 4.98 Å². The fourth-order valence-corrected chi connectivity index (χ4v) is 3.02. The third-order valence-corrected chi connectivity index (χ3v) is 4.54. The van der Waals surface area contributed by atoms with E-state index in [1.165, 1.54) is 5.56 Å². The van der Waals surface area contributed by atoms with E-state index in [1.54, 1.807) is 0 Å². The Morgan fingerprint density at radius 2 is 2.20 bits per heavy atom. The number of nitrogens with one attached hydrogen (secondary N) is 1. The number of aryl methyl sites for hydroxylation is 1. The molecule has 1 saturated carbocycles. The molecule has 0 bridgehead atoms. The van der Waals surface area contributed by atoms with Gasteiger partial charge in [0.15, 0.2) is 11.8 Å². The van der Waals surface area contributed by atoms with Crippen LogP contribution in [0.2, 0.25) is 0 Å². The van der Waals surface area contributed by atoms with Crippen LogP contribution < -0.4 is 11.1 Å². The second kappa shape index (κ2) is 6.84. The van der Waals surface area contributed by atoms with E-state index in [4.69, 9.17) is 15.0 Å². The van der Waals surface area contributed by atoms with Crippen molar-refractivity contribution in [2.24, 2.45) is 10.7 Å². The van der Waals surface area contributed by atoms with Crippen LogP contribution in [0.4, 0.5) is 5.69 Å². The molecule has 25 heavy (non-hydrogen) atoms. The summed E-state index contributed by atoms with van der Waals surface area (Å²) in [5, 5.41) is 7.16. The number of benzene rings is 1. The van der Waals surface area contributed by atoms with Crippen LogP contribution in [0.25, 0.3) is 0 Å². The Kier molecular flexibility index (Phi) is 4.40. The van der Waals surface area contributed by atoms with Gasteiger partial charge >= 0.3 is 0 Å². The smallest absolute Gasteiger partial charge is 0.255 e. The normalized spacial score (nSPS) is 23.8. The van der Waals surface area contributed by atoms with E-state index in [0.29, 0.717) is 24.3 Å². The van der Waals surface area contributed by atoms with E-state index >= 15 is 0 Å². The molecule has 7 nitrogen and oxygen atoms in total. The number of ether oxygens (including phenoxy) is 1. The zero-order valence-electron chi connectivity index (χ0n) is 14.3. The van der Waals surface area contributed by atoms with Crippen molar-refractivity contribution in [2.45, 2.75) is 50.7 Å². The van der Waals surface area contributed by atoms with Gasteiger partial charge in [-0.05, 0) is 50.3 Å². The van der Waals surface area contributed by atoms with Crippen molar-refractivity contribution in [1.29, 1.82) is 0 Å². The van der Waals surface area contributed by atoms with Crippen LogP contribution in [0.1, 0.15) is 55.0 Å². The summed E-state index contributed by atoms with van der Waals surface area (Å²) in [4.78, 5) is 8.87. The van der Waals surface area contributed by atoms with Crippen molar-refractivity contribution in [3.05, 3.63) is 41.5 Å². The molecule has 1 aromatic heterocycles. The van der Waals surface area contributed by atoms with Crippen LogP contribution in [0.15, 0.2) is 33.8 Å². The number of hydrogen-bond donors (Lipinski definition) is 2. The van der Waals surface area contributed by atoms with Crippen LogP contribution in [0.5, 0.6) is 0 Å². The zero-order valence-corrected chi connectivity index (χ0v) is 14.3. The Hall–Kier alpha value is -2.41. The number of rotatable bonds is 5. The van der Waals surface area contributed by atoms with Gasteiger partial charge in [-0.1, -0.05) is 17.3 Å². The van der Waals surface area contributed by atoms with E-state index in [0.717, 1.165) is 37.2 Å². The summed E-state index contributed by atoms with van der Waals surface area (Å²) in [6, 6.07) is 8.01. The minimum atomic E-state index is -0.119. The van der Waals surface area contributed by atoms with Gasteiger partial charge in [-0.3, -0.25) is 4.99 Å². The maximum Gasteiger partial charge on any atom is 0.255 e. The predicted octanol–water partition coefficient (Wildman–Crippen LogP) is 2.90. The highest BCUT2D eigenvalue weighted by molar-refractivity contribution is 5.92. The lowest BCUT2D eigenvalue weighted by Crippen LogP contribution is -2.24. The first-order valence-electron chi connectivity index (χ1n) is 8.80. The molecule has 2 aliphatic rings. The lowest BCUT2D eigenvalue weighted by Gasteiger charge is -2.10. The Bertz CT molecular complexity index is 768. The first kappa shape index (κ1) is 16.1. The highest BCUT2D eigenvalue weighted by atomic mass is 16.5. The average Bonchev–Trinajstić information content (AvgIpc) is 3.14. The summed E-state index contributed by atoms with van der Waals surface area (Å²) in [6.45, 7) is 2.56. The fraction of sp³-hybridized carbons (Fsp3) is 0.500. The Morgan fingerprint density at radius 3 is 3.00 bits per heavy atom. The average molecular weight is 341 g/mol. The fourth-order valence-electron chi connectivity index (χ4n) is 3.02. The van der Waals surface area contributed by atoms with Crippen molar-refractivity contribution >= 4 is 11.6 Å². The van der Waals surface area contributed by atoms with Crippen LogP contribution >= 0.6 is 0 Å². The maximum absolute atomic E-state index is 5.99. The number of guanidine groups is 1. The first-order valence-corrected chi connectivity index (χ1v) is 8.80. The van der Waals surface area contributed by atoms with E-state index < -0.39 is 0 Å². The van der Waals surface area contributed by atoms with E-state index in [1.807, 2.05) is 31.2 Å². The van der Waals surface area contributed by atoms with Gasteiger partial charge in [-0.25, -0.2) is 0 Å². The van der Waals surface area contributed by atoms with Gasteiger partial charge in [-0.15, -0.1) is 0 Å². The van der Waals surface area contributed by atoms with Crippen LogP contribution in [-0.4, -0.2) is 28.7 Å². The van der Waals surface area contributed by atoms with Crippen LogP contribution in [0, 0.1) is 6.92 Å². The molecule has 1 aliphatic heterocycles. The molecular weight excluding hydrogens is 318 g/mol. The highest BCUT2D eigenvalue weighted by Gasteiger charge is 2.34. The lowest BCUT2D eigenvalue weighted by molar-refractivity contribution is 0.0309. The Labute approximate surface area is 146 Å². The third-order valence-electron chi connectivity index (χ3n) is 4.54. The summed E-state index contributed by atoms with van der Waals surface area (Å²) < 4.78 is 11.3. The van der Waals surface area contributed by atoms with Crippen molar-refractivity contribution in [2.75, 3.05) is 11.9 Å². The molecule has 7 heteroatoms. The van der Waals surface area contributed by atoms with Gasteiger partial charge in [0.25, 0.3) is 5.89 Å². The van der Waals surface area contributed by atoms with Gasteiger partial charge in [0.05, 0.1) is 12.6 Å². The second-order valence-electron chi connectivity index (χ2n) is 6.81. The van der Waals surface area contributed by atoms with E-state index in [9.17, 15) is 0 Å². The number of aliphatic imine (C=N–C) groups is 1. The molecule has 2 aromatic rings. The predicted molar refractivity (Wildman–Crippen MR) is 94.4 cm³/mol.